The first-order chi connectivity index (χ1) is 12.9. The van der Waals surface area contributed by atoms with Crippen molar-refractivity contribution in [1.29, 1.82) is 0 Å². The lowest BCUT2D eigenvalue weighted by molar-refractivity contribution is -0.139. The summed E-state index contributed by atoms with van der Waals surface area (Å²) in [5.74, 6) is 0.396. The van der Waals surface area contributed by atoms with E-state index in [0.29, 0.717) is 23.9 Å². The highest BCUT2D eigenvalue weighted by Crippen LogP contribution is 2.19. The highest BCUT2D eigenvalue weighted by atomic mass is 35.5. The summed E-state index contributed by atoms with van der Waals surface area (Å²) in [5.41, 5.74) is 0. The minimum Gasteiger partial charge on any atom is -0.481 e. The Morgan fingerprint density at radius 2 is 1.59 bits per heavy atom. The van der Waals surface area contributed by atoms with Crippen molar-refractivity contribution in [2.45, 2.75) is 17.9 Å². The minimum absolute atomic E-state index is 0.165. The Bertz CT molecular complexity index is 880. The molecule has 27 heavy (non-hydrogen) atoms. The summed E-state index contributed by atoms with van der Waals surface area (Å²) < 4.78 is 32.4. The Morgan fingerprint density at radius 1 is 1.00 bits per heavy atom. The molecule has 0 spiro atoms. The molecule has 8 heteroatoms. The van der Waals surface area contributed by atoms with E-state index in [-0.39, 0.29) is 23.9 Å². The molecule has 1 amide bonds. The SMILES string of the molecule is C[C@H](Oc1ccc(Cl)cc1)C(=O)N1CCN(S(=O)(=O)c2ccccc2)CC1. The second kappa shape index (κ2) is 8.29. The van der Waals surface area contributed by atoms with Crippen LogP contribution in [-0.4, -0.2) is 55.8 Å². The van der Waals surface area contributed by atoms with Gasteiger partial charge in [0.1, 0.15) is 5.75 Å². The Morgan fingerprint density at radius 3 is 2.19 bits per heavy atom. The van der Waals surface area contributed by atoms with Gasteiger partial charge in [-0.3, -0.25) is 4.79 Å². The topological polar surface area (TPSA) is 66.9 Å². The Hall–Kier alpha value is -2.09. The van der Waals surface area contributed by atoms with Gasteiger partial charge in [-0.1, -0.05) is 29.8 Å². The fraction of sp³-hybridized carbons (Fsp3) is 0.316. The zero-order valence-electron chi connectivity index (χ0n) is 14.9. The third-order valence-corrected chi connectivity index (χ3v) is 6.57. The second-order valence-electron chi connectivity index (χ2n) is 6.26. The van der Waals surface area contributed by atoms with Crippen LogP contribution in [0.4, 0.5) is 0 Å². The zero-order chi connectivity index (χ0) is 19.4. The highest BCUT2D eigenvalue weighted by Gasteiger charge is 2.31. The van der Waals surface area contributed by atoms with Gasteiger partial charge in [0, 0.05) is 31.2 Å². The number of ether oxygens (including phenoxy) is 1. The largest absolute Gasteiger partial charge is 0.481 e. The van der Waals surface area contributed by atoms with Crippen molar-refractivity contribution in [3.8, 4) is 5.75 Å². The molecular weight excluding hydrogens is 388 g/mol. The molecule has 0 bridgehead atoms. The molecule has 0 aliphatic carbocycles. The molecule has 0 unspecified atom stereocenters. The number of carbonyl (C=O) groups excluding carboxylic acids is 1. The first-order valence-electron chi connectivity index (χ1n) is 8.64. The first kappa shape index (κ1) is 19.7. The number of hydrogen-bond acceptors (Lipinski definition) is 4. The molecule has 0 radical (unpaired) electrons. The van der Waals surface area contributed by atoms with Crippen LogP contribution in [0, 0.1) is 0 Å². The number of hydrogen-bond donors (Lipinski definition) is 0. The lowest BCUT2D eigenvalue weighted by Gasteiger charge is -2.35. The standard InChI is InChI=1S/C19H21ClN2O4S/c1-15(26-17-9-7-16(20)8-10-17)19(23)21-11-13-22(14-12-21)27(24,25)18-5-3-2-4-6-18/h2-10,15H,11-14H2,1H3/t15-/m0/s1. The summed E-state index contributed by atoms with van der Waals surface area (Å²) in [6.07, 6.45) is -0.663. The number of sulfonamides is 1. The van der Waals surface area contributed by atoms with Crippen molar-refractivity contribution in [2.24, 2.45) is 0 Å². The summed E-state index contributed by atoms with van der Waals surface area (Å²) >= 11 is 5.84. The third-order valence-electron chi connectivity index (χ3n) is 4.41. The van der Waals surface area contributed by atoms with E-state index in [4.69, 9.17) is 16.3 Å². The fourth-order valence-electron chi connectivity index (χ4n) is 2.92. The Kier molecular flexibility index (Phi) is 6.04. The van der Waals surface area contributed by atoms with Crippen LogP contribution < -0.4 is 4.74 Å². The van der Waals surface area contributed by atoms with Gasteiger partial charge < -0.3 is 9.64 Å². The molecule has 0 aromatic heterocycles. The van der Waals surface area contributed by atoms with E-state index in [0.717, 1.165) is 0 Å². The lowest BCUT2D eigenvalue weighted by Crippen LogP contribution is -2.53. The number of rotatable bonds is 5. The van der Waals surface area contributed by atoms with E-state index in [1.165, 1.54) is 4.31 Å². The molecule has 2 aromatic rings. The molecule has 1 heterocycles. The molecular formula is C19H21ClN2O4S. The van der Waals surface area contributed by atoms with E-state index in [1.54, 1.807) is 66.4 Å². The molecule has 0 N–H and O–H groups in total. The maximum atomic E-state index is 12.7. The fourth-order valence-corrected chi connectivity index (χ4v) is 4.48. The van der Waals surface area contributed by atoms with E-state index in [9.17, 15) is 13.2 Å². The molecule has 2 aromatic carbocycles. The highest BCUT2D eigenvalue weighted by molar-refractivity contribution is 7.89. The van der Waals surface area contributed by atoms with E-state index in [1.807, 2.05) is 0 Å². The van der Waals surface area contributed by atoms with Crippen LogP contribution in [0.25, 0.3) is 0 Å². The molecule has 6 nitrogen and oxygen atoms in total. The first-order valence-corrected chi connectivity index (χ1v) is 10.5. The van der Waals surface area contributed by atoms with E-state index >= 15 is 0 Å². The number of piperazine rings is 1. The van der Waals surface area contributed by atoms with Gasteiger partial charge in [0.25, 0.3) is 5.91 Å². The molecule has 1 saturated heterocycles. The van der Waals surface area contributed by atoms with Crippen molar-refractivity contribution >= 4 is 27.5 Å². The molecule has 1 fully saturated rings. The Labute approximate surface area is 164 Å². The normalized spacial score (nSPS) is 16.7. The van der Waals surface area contributed by atoms with E-state index < -0.39 is 16.1 Å². The predicted octanol–water partition coefficient (Wildman–Crippen LogP) is 2.64. The smallest absolute Gasteiger partial charge is 0.263 e. The van der Waals surface area contributed by atoms with Crippen molar-refractivity contribution in [3.63, 3.8) is 0 Å². The van der Waals surface area contributed by atoms with Crippen molar-refractivity contribution in [2.75, 3.05) is 26.2 Å². The third kappa shape index (κ3) is 4.61. The summed E-state index contributed by atoms with van der Waals surface area (Å²) in [5, 5.41) is 0.595. The monoisotopic (exact) mass is 408 g/mol. The molecule has 144 valence electrons. The summed E-state index contributed by atoms with van der Waals surface area (Å²) in [6, 6.07) is 15.1. The number of amides is 1. The molecule has 1 atom stereocenters. The van der Waals surface area contributed by atoms with Crippen LogP contribution in [0.2, 0.25) is 5.02 Å². The maximum Gasteiger partial charge on any atom is 0.263 e. The van der Waals surface area contributed by atoms with Crippen LogP contribution in [-0.2, 0) is 14.8 Å². The Balaban J connectivity index is 1.58. The number of carbonyl (C=O) groups is 1. The van der Waals surface area contributed by atoms with Gasteiger partial charge in [0.2, 0.25) is 10.0 Å². The van der Waals surface area contributed by atoms with Gasteiger partial charge in [0.05, 0.1) is 4.90 Å². The van der Waals surface area contributed by atoms with Crippen LogP contribution in [0.5, 0.6) is 5.75 Å². The lowest BCUT2D eigenvalue weighted by atomic mass is 10.2. The van der Waals surface area contributed by atoms with Crippen molar-refractivity contribution < 1.29 is 17.9 Å². The van der Waals surface area contributed by atoms with Gasteiger partial charge in [-0.25, -0.2) is 8.42 Å². The summed E-state index contributed by atoms with van der Waals surface area (Å²) in [6.45, 7) is 2.87. The predicted molar refractivity (Wildman–Crippen MR) is 103 cm³/mol. The average molecular weight is 409 g/mol. The van der Waals surface area contributed by atoms with Gasteiger partial charge in [-0.15, -0.1) is 0 Å². The zero-order valence-corrected chi connectivity index (χ0v) is 16.5. The van der Waals surface area contributed by atoms with Crippen molar-refractivity contribution in [3.05, 3.63) is 59.6 Å². The van der Waals surface area contributed by atoms with Gasteiger partial charge in [0.15, 0.2) is 6.10 Å². The number of halogens is 1. The van der Waals surface area contributed by atoms with Crippen LogP contribution >= 0.6 is 11.6 Å². The minimum atomic E-state index is -3.53. The average Bonchev–Trinajstić information content (AvgIpc) is 2.70. The summed E-state index contributed by atoms with van der Waals surface area (Å²) in [7, 11) is -3.53. The van der Waals surface area contributed by atoms with Gasteiger partial charge >= 0.3 is 0 Å². The molecule has 0 saturated carbocycles. The molecule has 3 rings (SSSR count). The van der Waals surface area contributed by atoms with Crippen LogP contribution in [0.15, 0.2) is 59.5 Å². The van der Waals surface area contributed by atoms with Gasteiger partial charge in [-0.05, 0) is 43.3 Å². The summed E-state index contributed by atoms with van der Waals surface area (Å²) in [4.78, 5) is 14.5. The second-order valence-corrected chi connectivity index (χ2v) is 8.63. The maximum absolute atomic E-state index is 12.7. The molecule has 1 aliphatic heterocycles. The number of nitrogens with zero attached hydrogens (tertiary/aromatic N) is 2. The molecule has 1 aliphatic rings. The number of benzene rings is 2. The van der Waals surface area contributed by atoms with Crippen molar-refractivity contribution in [1.82, 2.24) is 9.21 Å². The van der Waals surface area contributed by atoms with Gasteiger partial charge in [-0.2, -0.15) is 4.31 Å². The van der Waals surface area contributed by atoms with Crippen LogP contribution in [0.3, 0.4) is 0 Å². The van der Waals surface area contributed by atoms with E-state index in [2.05, 4.69) is 0 Å². The van der Waals surface area contributed by atoms with Crippen LogP contribution in [0.1, 0.15) is 6.92 Å². The quantitative estimate of drug-likeness (QED) is 0.762.